The molecule has 0 aliphatic carbocycles. The first kappa shape index (κ1) is 30.2. The summed E-state index contributed by atoms with van der Waals surface area (Å²) in [5.74, 6) is 1.03. The van der Waals surface area contributed by atoms with Gasteiger partial charge < -0.3 is 17.7 Å². The van der Waals surface area contributed by atoms with Gasteiger partial charge in [-0.3, -0.25) is 0 Å². The fraction of sp³-hybridized carbons (Fsp3) is 1.00. The van der Waals surface area contributed by atoms with Crippen molar-refractivity contribution in [1.29, 1.82) is 0 Å². The van der Waals surface area contributed by atoms with Crippen LogP contribution in [0, 0.1) is 0 Å². The zero-order chi connectivity index (χ0) is 21.0. The first-order valence-electron chi connectivity index (χ1n) is 10.4. The van der Waals surface area contributed by atoms with Crippen molar-refractivity contribution in [3.8, 4) is 0 Å². The molecule has 4 nitrogen and oxygen atoms in total. The van der Waals surface area contributed by atoms with Crippen LogP contribution >= 0.6 is 25.3 Å². The van der Waals surface area contributed by atoms with Crippen LogP contribution in [0.1, 0.15) is 64.7 Å². The molecule has 0 atom stereocenters. The van der Waals surface area contributed by atoms with Crippen molar-refractivity contribution < 1.29 is 17.7 Å². The normalized spacial score (nSPS) is 12.0. The second-order valence-electron chi connectivity index (χ2n) is 7.30. The molecular weight excluding hydrogens is 413 g/mol. The molecule has 0 saturated carbocycles. The molecule has 0 aliphatic heterocycles. The summed E-state index contributed by atoms with van der Waals surface area (Å²) in [7, 11) is 1.43. The molecule has 8 heteroatoms. The molecule has 166 valence electrons. The van der Waals surface area contributed by atoms with Gasteiger partial charge in [0.1, 0.15) is 0 Å². The van der Waals surface area contributed by atoms with E-state index >= 15 is 0 Å². The zero-order valence-electron chi connectivity index (χ0n) is 18.7. The summed E-state index contributed by atoms with van der Waals surface area (Å²) in [6, 6.07) is 0.929. The van der Waals surface area contributed by atoms with E-state index in [0.29, 0.717) is 0 Å². The van der Waals surface area contributed by atoms with Crippen molar-refractivity contribution in [2.45, 2.75) is 83.8 Å². The van der Waals surface area contributed by atoms with Gasteiger partial charge in [0.15, 0.2) is 8.32 Å². The van der Waals surface area contributed by atoms with Crippen LogP contribution in [-0.4, -0.2) is 56.2 Å². The Kier molecular flexibility index (Phi) is 22.6. The fourth-order valence-corrected chi connectivity index (χ4v) is 5.85. The van der Waals surface area contributed by atoms with Crippen LogP contribution in [0.5, 0.6) is 0 Å². The summed E-state index contributed by atoms with van der Waals surface area (Å²) in [4.78, 5) is 0. The first-order chi connectivity index (χ1) is 12.9. The Hall–Kier alpha value is 0.974. The summed E-state index contributed by atoms with van der Waals surface area (Å²) in [5.41, 5.74) is 0. The lowest BCUT2D eigenvalue weighted by Gasteiger charge is -2.24. The molecule has 0 aromatic carbocycles. The highest BCUT2D eigenvalue weighted by Gasteiger charge is 2.36. The lowest BCUT2D eigenvalue weighted by Crippen LogP contribution is -2.42. The summed E-state index contributed by atoms with van der Waals surface area (Å²) >= 11 is 8.39. The first-order valence-corrected chi connectivity index (χ1v) is 16.7. The Balaban J connectivity index is 0. The average Bonchev–Trinajstić information content (AvgIpc) is 2.67. The predicted octanol–water partition coefficient (Wildman–Crippen LogP) is 6.00. The average molecular weight is 459 g/mol. The van der Waals surface area contributed by atoms with Crippen LogP contribution in [0.25, 0.3) is 0 Å². The lowest BCUT2D eigenvalue weighted by atomic mass is 10.1. The monoisotopic (exact) mass is 458 g/mol. The van der Waals surface area contributed by atoms with E-state index < -0.39 is 17.1 Å². The van der Waals surface area contributed by atoms with Gasteiger partial charge >= 0.3 is 8.80 Å². The van der Waals surface area contributed by atoms with Crippen LogP contribution in [0.3, 0.4) is 0 Å². The molecule has 0 spiro atoms. The Morgan fingerprint density at radius 1 is 0.667 bits per heavy atom. The second-order valence-corrected chi connectivity index (χ2v) is 15.9. The maximum Gasteiger partial charge on any atom is 0.500 e. The highest BCUT2D eigenvalue weighted by Crippen LogP contribution is 2.18. The molecule has 0 aliphatic rings. The largest absolute Gasteiger partial charge is 0.500 e. The maximum absolute atomic E-state index is 5.44. The topological polar surface area (TPSA) is 36.9 Å². The van der Waals surface area contributed by atoms with E-state index in [2.05, 4.69) is 38.4 Å². The minimum atomic E-state index is -2.31. The summed E-state index contributed by atoms with van der Waals surface area (Å²) in [6.45, 7) is 7.20. The van der Waals surface area contributed by atoms with Crippen LogP contribution in [-0.2, 0) is 17.7 Å². The van der Waals surface area contributed by atoms with Crippen LogP contribution in [0.2, 0.25) is 19.1 Å². The number of rotatable bonds is 17. The third-order valence-corrected chi connectivity index (χ3v) is 11.8. The maximum atomic E-state index is 5.44. The molecule has 0 N–H and O–H groups in total. The van der Waals surface area contributed by atoms with E-state index in [0.717, 1.165) is 30.2 Å². The Bertz CT molecular complexity index is 299. The third kappa shape index (κ3) is 18.7. The van der Waals surface area contributed by atoms with Crippen molar-refractivity contribution >= 4 is 42.4 Å². The number of hydrogen-bond acceptors (Lipinski definition) is 6. The van der Waals surface area contributed by atoms with Gasteiger partial charge in [0.05, 0.1) is 0 Å². The minimum absolute atomic E-state index is 0.833. The quantitative estimate of drug-likeness (QED) is 0.159. The van der Waals surface area contributed by atoms with Gasteiger partial charge in [0, 0.05) is 39.4 Å². The van der Waals surface area contributed by atoms with Gasteiger partial charge in [-0.15, -0.1) is 0 Å². The molecule has 0 radical (unpaired) electrons. The Labute approximate surface area is 182 Å². The Morgan fingerprint density at radius 3 is 1.37 bits per heavy atom. The highest BCUT2D eigenvalue weighted by atomic mass is 32.1. The second kappa shape index (κ2) is 20.3. The molecule has 0 aromatic heterocycles. The van der Waals surface area contributed by atoms with E-state index in [9.17, 15) is 0 Å². The molecule has 27 heavy (non-hydrogen) atoms. The fourth-order valence-electron chi connectivity index (χ4n) is 2.68. The van der Waals surface area contributed by atoms with Gasteiger partial charge in [-0.1, -0.05) is 44.9 Å². The number of hydrogen-bond donors (Lipinski definition) is 2. The number of thiol groups is 2. The predicted molar refractivity (Wildman–Crippen MR) is 130 cm³/mol. The van der Waals surface area contributed by atoms with E-state index in [-0.39, 0.29) is 0 Å². The Morgan fingerprint density at radius 2 is 1.07 bits per heavy atom. The number of unbranched alkanes of at least 4 members (excludes halogenated alkanes) is 8. The van der Waals surface area contributed by atoms with E-state index in [4.69, 9.17) is 17.7 Å². The molecule has 0 aromatic rings. The van der Waals surface area contributed by atoms with Crippen molar-refractivity contribution in [1.82, 2.24) is 0 Å². The molecule has 0 heterocycles. The van der Waals surface area contributed by atoms with Gasteiger partial charge in [-0.25, -0.2) is 0 Å². The highest BCUT2D eigenvalue weighted by molar-refractivity contribution is 7.82. The smallest absolute Gasteiger partial charge is 0.417 e. The summed E-state index contributed by atoms with van der Waals surface area (Å²) < 4.78 is 21.7. The lowest BCUT2D eigenvalue weighted by molar-refractivity contribution is 0.122. The third-order valence-electron chi connectivity index (χ3n) is 4.49. The SMILES string of the molecule is CCO[Si](C)(C)CS.CO[Si](CCCCCCCCCCCS)(OC)OC. The minimum Gasteiger partial charge on any atom is -0.417 e. The van der Waals surface area contributed by atoms with Crippen molar-refractivity contribution in [3.63, 3.8) is 0 Å². The van der Waals surface area contributed by atoms with Gasteiger partial charge in [0.25, 0.3) is 0 Å². The zero-order valence-corrected chi connectivity index (χ0v) is 22.5. The molecular formula is C19H46O4S2Si2. The van der Waals surface area contributed by atoms with Gasteiger partial charge in [0.2, 0.25) is 0 Å². The summed E-state index contributed by atoms with van der Waals surface area (Å²) in [6.07, 6.45) is 11.8. The standard InChI is InChI=1S/C14H32O3SSi.C5H14OSSi/c1-15-19(16-2,17-3)14-12-10-8-6-4-5-7-9-11-13-18;1-4-6-8(2,3)5-7/h18H,4-14H2,1-3H3;7H,4-5H2,1-3H3. The van der Waals surface area contributed by atoms with Gasteiger partial charge in [-0.05, 0) is 38.6 Å². The summed E-state index contributed by atoms with van der Waals surface area (Å²) in [5, 5.41) is 0.918. The molecule has 0 unspecified atom stereocenters. The molecule has 0 saturated heterocycles. The van der Waals surface area contributed by atoms with Crippen LogP contribution in [0.4, 0.5) is 0 Å². The van der Waals surface area contributed by atoms with Crippen molar-refractivity contribution in [3.05, 3.63) is 0 Å². The van der Waals surface area contributed by atoms with Crippen LogP contribution in [0.15, 0.2) is 0 Å². The van der Waals surface area contributed by atoms with E-state index in [1.165, 1.54) is 51.4 Å². The van der Waals surface area contributed by atoms with Crippen molar-refractivity contribution in [2.75, 3.05) is 39.1 Å². The molecule has 0 fully saturated rings. The molecule has 0 amide bonds. The van der Waals surface area contributed by atoms with Gasteiger partial charge in [-0.2, -0.15) is 25.3 Å². The van der Waals surface area contributed by atoms with Crippen molar-refractivity contribution in [2.24, 2.45) is 0 Å². The molecule has 0 bridgehead atoms. The van der Waals surface area contributed by atoms with E-state index in [1.54, 1.807) is 21.3 Å². The molecule has 0 rings (SSSR count). The van der Waals surface area contributed by atoms with E-state index in [1.807, 2.05) is 6.92 Å². The van der Waals surface area contributed by atoms with Crippen LogP contribution < -0.4 is 0 Å².